The van der Waals surface area contributed by atoms with Crippen molar-refractivity contribution in [2.24, 2.45) is 5.73 Å². The molecule has 0 radical (unpaired) electrons. The minimum atomic E-state index is -4.44. The third-order valence-corrected chi connectivity index (χ3v) is 3.14. The first-order chi connectivity index (χ1) is 9.19. The Morgan fingerprint density at radius 3 is 2.48 bits per heavy atom. The number of alkyl halides is 3. The van der Waals surface area contributed by atoms with Gasteiger partial charge in [-0.05, 0) is 6.92 Å². The zero-order valence-corrected chi connectivity index (χ0v) is 11.6. The van der Waals surface area contributed by atoms with Gasteiger partial charge in [-0.2, -0.15) is 18.3 Å². The van der Waals surface area contributed by atoms with Crippen molar-refractivity contribution < 1.29 is 22.8 Å². The van der Waals surface area contributed by atoms with Crippen LogP contribution in [0.15, 0.2) is 6.20 Å². The summed E-state index contributed by atoms with van der Waals surface area (Å²) in [7, 11) is 0. The van der Waals surface area contributed by atoms with E-state index in [9.17, 15) is 22.8 Å². The molecule has 1 aliphatic rings. The number of carbonyl (C=O) groups is 2. The quantitative estimate of drug-likeness (QED) is 0.689. The number of hydrogen-bond donors (Lipinski definition) is 3. The molecular weight excluding hydrogens is 315 g/mol. The van der Waals surface area contributed by atoms with Crippen LogP contribution < -0.4 is 16.4 Å². The molecule has 2 heterocycles. The summed E-state index contributed by atoms with van der Waals surface area (Å²) >= 11 is 0. The maximum Gasteiger partial charge on any atom is 0.408 e. The third kappa shape index (κ3) is 2.95. The monoisotopic (exact) mass is 327 g/mol. The molecule has 0 aromatic carbocycles. The minimum Gasteiger partial charge on any atom is -0.327 e. The first-order valence-electron chi connectivity index (χ1n) is 5.63. The molecule has 4 N–H and O–H groups in total. The Morgan fingerprint density at radius 2 is 2.05 bits per heavy atom. The third-order valence-electron chi connectivity index (χ3n) is 3.14. The van der Waals surface area contributed by atoms with Gasteiger partial charge in [0.1, 0.15) is 6.54 Å². The maximum absolute atomic E-state index is 12.4. The normalized spacial score (nSPS) is 21.8. The second-order valence-corrected chi connectivity index (χ2v) is 4.43. The Bertz CT molecular complexity index is 574. The molecule has 2 rings (SSSR count). The van der Waals surface area contributed by atoms with Crippen molar-refractivity contribution in [3.05, 3.63) is 17.5 Å². The molecule has 21 heavy (non-hydrogen) atoms. The van der Waals surface area contributed by atoms with Gasteiger partial charge in [0.05, 0.1) is 6.20 Å². The fraction of sp³-hybridized carbons (Fsp3) is 0.500. The van der Waals surface area contributed by atoms with Gasteiger partial charge in [-0.1, -0.05) is 0 Å². The predicted molar refractivity (Wildman–Crippen MR) is 67.7 cm³/mol. The van der Waals surface area contributed by atoms with E-state index in [-0.39, 0.29) is 30.2 Å². The Labute approximate surface area is 123 Å². The highest BCUT2D eigenvalue weighted by molar-refractivity contribution is 6.07. The number of aromatic nitrogens is 2. The van der Waals surface area contributed by atoms with Crippen molar-refractivity contribution in [1.29, 1.82) is 0 Å². The fourth-order valence-corrected chi connectivity index (χ4v) is 2.13. The first kappa shape index (κ1) is 17.2. The van der Waals surface area contributed by atoms with Crippen LogP contribution in [0.3, 0.4) is 0 Å². The zero-order chi connectivity index (χ0) is 15.1. The maximum atomic E-state index is 12.4. The lowest BCUT2D eigenvalue weighted by Gasteiger charge is -2.24. The van der Waals surface area contributed by atoms with Crippen LogP contribution in [0.5, 0.6) is 0 Å². The fourth-order valence-electron chi connectivity index (χ4n) is 2.13. The smallest absolute Gasteiger partial charge is 0.327 e. The Hall–Kier alpha value is -1.81. The van der Waals surface area contributed by atoms with Gasteiger partial charge >= 0.3 is 12.2 Å². The Morgan fingerprint density at radius 1 is 1.43 bits per heavy atom. The number of amides is 3. The van der Waals surface area contributed by atoms with E-state index < -0.39 is 30.2 Å². The summed E-state index contributed by atoms with van der Waals surface area (Å²) in [4.78, 5) is 23.1. The number of rotatable bonds is 3. The van der Waals surface area contributed by atoms with Crippen LogP contribution in [0, 0.1) is 6.92 Å². The van der Waals surface area contributed by atoms with Crippen molar-refractivity contribution in [3.8, 4) is 0 Å². The zero-order valence-electron chi connectivity index (χ0n) is 10.8. The number of carbonyl (C=O) groups excluding carboxylic acids is 2. The number of imide groups is 1. The molecule has 1 aromatic heterocycles. The van der Waals surface area contributed by atoms with E-state index in [2.05, 4.69) is 10.4 Å². The predicted octanol–water partition coefficient (Wildman–Crippen LogP) is 0.169. The highest BCUT2D eigenvalue weighted by Gasteiger charge is 2.48. The summed E-state index contributed by atoms with van der Waals surface area (Å²) in [6, 6.07) is -0.747. The highest BCUT2D eigenvalue weighted by Crippen LogP contribution is 2.28. The largest absolute Gasteiger partial charge is 0.408 e. The van der Waals surface area contributed by atoms with Gasteiger partial charge in [0.2, 0.25) is 0 Å². The lowest BCUT2D eigenvalue weighted by atomic mass is 9.90. The Balaban J connectivity index is 0.00000220. The molecule has 1 aliphatic heterocycles. The average molecular weight is 328 g/mol. The molecule has 3 amide bonds. The van der Waals surface area contributed by atoms with E-state index in [0.29, 0.717) is 4.68 Å². The van der Waals surface area contributed by atoms with E-state index in [0.717, 1.165) is 6.20 Å². The molecule has 118 valence electrons. The van der Waals surface area contributed by atoms with Crippen molar-refractivity contribution in [3.63, 3.8) is 0 Å². The number of hydrogen-bond acceptors (Lipinski definition) is 4. The molecule has 1 fully saturated rings. The molecule has 1 saturated heterocycles. The standard InChI is InChI=1S/C10H12F3N5O2.ClH/c1-5-6(2-15-18(5)4-10(11,12)13)9(3-14)7(19)16-8(20)17-9;/h2H,3-4,14H2,1H3,(H2,16,17,19,20);1H. The lowest BCUT2D eigenvalue weighted by molar-refractivity contribution is -0.142. The molecule has 0 bridgehead atoms. The highest BCUT2D eigenvalue weighted by atomic mass is 35.5. The van der Waals surface area contributed by atoms with E-state index >= 15 is 0 Å². The molecule has 0 spiro atoms. The molecule has 1 atom stereocenters. The van der Waals surface area contributed by atoms with Crippen molar-refractivity contribution >= 4 is 24.3 Å². The van der Waals surface area contributed by atoms with Crippen LogP contribution in [-0.2, 0) is 16.9 Å². The van der Waals surface area contributed by atoms with Gasteiger partial charge in [0.25, 0.3) is 5.91 Å². The van der Waals surface area contributed by atoms with Gasteiger partial charge in [0, 0.05) is 17.8 Å². The molecule has 0 saturated carbocycles. The average Bonchev–Trinajstić information content (AvgIpc) is 2.80. The van der Waals surface area contributed by atoms with Crippen molar-refractivity contribution in [1.82, 2.24) is 20.4 Å². The van der Waals surface area contributed by atoms with Crippen LogP contribution in [0.4, 0.5) is 18.0 Å². The summed E-state index contributed by atoms with van der Waals surface area (Å²) in [6.07, 6.45) is -3.33. The molecular formula is C10H13ClF3N5O2. The van der Waals surface area contributed by atoms with Gasteiger partial charge in [-0.15, -0.1) is 12.4 Å². The summed E-state index contributed by atoms with van der Waals surface area (Å²) in [6.45, 7) is -0.193. The molecule has 7 nitrogen and oxygen atoms in total. The van der Waals surface area contributed by atoms with Crippen LogP contribution in [0.1, 0.15) is 11.3 Å². The summed E-state index contributed by atoms with van der Waals surface area (Å²) in [5.41, 5.74) is 4.21. The van der Waals surface area contributed by atoms with E-state index in [4.69, 9.17) is 5.73 Å². The molecule has 1 aromatic rings. The molecule has 11 heteroatoms. The number of nitrogens with two attached hydrogens (primary N) is 1. The van der Waals surface area contributed by atoms with E-state index in [1.807, 2.05) is 5.32 Å². The van der Waals surface area contributed by atoms with Gasteiger partial charge in [-0.25, -0.2) is 4.79 Å². The van der Waals surface area contributed by atoms with Crippen molar-refractivity contribution in [2.45, 2.75) is 25.2 Å². The lowest BCUT2D eigenvalue weighted by Crippen LogP contribution is -2.50. The topological polar surface area (TPSA) is 102 Å². The van der Waals surface area contributed by atoms with Gasteiger partial charge in [0.15, 0.2) is 5.54 Å². The second kappa shape index (κ2) is 5.53. The minimum absolute atomic E-state index is 0. The van der Waals surface area contributed by atoms with E-state index in [1.165, 1.54) is 6.92 Å². The van der Waals surface area contributed by atoms with E-state index in [1.54, 1.807) is 0 Å². The summed E-state index contributed by atoms with van der Waals surface area (Å²) < 4.78 is 37.9. The van der Waals surface area contributed by atoms with Crippen LogP contribution in [0.25, 0.3) is 0 Å². The molecule has 0 aliphatic carbocycles. The summed E-state index contributed by atoms with van der Waals surface area (Å²) in [5.74, 6) is -0.709. The van der Waals surface area contributed by atoms with Crippen LogP contribution in [-0.4, -0.2) is 34.4 Å². The number of nitrogens with one attached hydrogen (secondary N) is 2. The second-order valence-electron chi connectivity index (χ2n) is 4.43. The van der Waals surface area contributed by atoms with Gasteiger partial charge in [-0.3, -0.25) is 14.8 Å². The Kier molecular flexibility index (Phi) is 4.54. The number of urea groups is 1. The molecule has 1 unspecified atom stereocenters. The SMILES string of the molecule is Cc1c(C2(CN)NC(=O)NC2=O)cnn1CC(F)(F)F.Cl. The van der Waals surface area contributed by atoms with Crippen molar-refractivity contribution in [2.75, 3.05) is 6.54 Å². The summed E-state index contributed by atoms with van der Waals surface area (Å²) in [5, 5.41) is 7.96. The van der Waals surface area contributed by atoms with Crippen LogP contribution >= 0.6 is 12.4 Å². The van der Waals surface area contributed by atoms with Crippen LogP contribution in [0.2, 0.25) is 0 Å². The number of nitrogens with zero attached hydrogens (tertiary/aromatic N) is 2. The number of halogens is 4. The van der Waals surface area contributed by atoms with Gasteiger partial charge < -0.3 is 11.1 Å². The first-order valence-corrected chi connectivity index (χ1v) is 5.63.